The molecule has 1 N–H and O–H groups in total. The lowest BCUT2D eigenvalue weighted by Gasteiger charge is -2.06. The van der Waals surface area contributed by atoms with Crippen molar-refractivity contribution >= 4 is 16.9 Å². The molecule has 1 aromatic carbocycles. The Morgan fingerprint density at radius 1 is 1.44 bits per heavy atom. The van der Waals surface area contributed by atoms with E-state index in [0.717, 1.165) is 16.6 Å². The average Bonchev–Trinajstić information content (AvgIpc) is 2.56. The van der Waals surface area contributed by atoms with Crippen molar-refractivity contribution < 1.29 is 9.90 Å². The summed E-state index contributed by atoms with van der Waals surface area (Å²) in [4.78, 5) is 10.9. The SMILES string of the molecule is Cc1c2cc(C(=O)O)ccc2nn1C(C)C. The number of benzene rings is 1. The Hall–Kier alpha value is -1.84. The minimum absolute atomic E-state index is 0.278. The number of aromatic carboxylic acids is 1. The van der Waals surface area contributed by atoms with Crippen LogP contribution < -0.4 is 0 Å². The number of nitrogens with zero attached hydrogens (tertiary/aromatic N) is 2. The highest BCUT2D eigenvalue weighted by molar-refractivity contribution is 5.94. The number of aryl methyl sites for hydroxylation is 1. The van der Waals surface area contributed by atoms with Crippen molar-refractivity contribution in [1.29, 1.82) is 0 Å². The molecular weight excluding hydrogens is 204 g/mol. The number of hydrogen-bond donors (Lipinski definition) is 1. The van der Waals surface area contributed by atoms with Crippen LogP contribution in [0.4, 0.5) is 0 Å². The maximum Gasteiger partial charge on any atom is 0.335 e. The molecule has 0 aliphatic carbocycles. The lowest BCUT2D eigenvalue weighted by Crippen LogP contribution is -2.04. The molecule has 0 atom stereocenters. The number of aromatic nitrogens is 2. The van der Waals surface area contributed by atoms with Gasteiger partial charge in [0, 0.05) is 17.1 Å². The van der Waals surface area contributed by atoms with Gasteiger partial charge >= 0.3 is 5.97 Å². The molecule has 1 heterocycles. The largest absolute Gasteiger partial charge is 0.478 e. The Labute approximate surface area is 93.5 Å². The zero-order valence-electron chi connectivity index (χ0n) is 9.56. The van der Waals surface area contributed by atoms with E-state index in [1.807, 2.05) is 11.6 Å². The van der Waals surface area contributed by atoms with Crippen LogP contribution >= 0.6 is 0 Å². The molecule has 84 valence electrons. The summed E-state index contributed by atoms with van der Waals surface area (Å²) in [5.41, 5.74) is 2.16. The fourth-order valence-corrected chi connectivity index (χ4v) is 1.86. The van der Waals surface area contributed by atoms with E-state index in [1.54, 1.807) is 18.2 Å². The molecule has 4 nitrogen and oxygen atoms in total. The highest BCUT2D eigenvalue weighted by Crippen LogP contribution is 2.21. The summed E-state index contributed by atoms with van der Waals surface area (Å²) < 4.78 is 1.91. The first-order valence-corrected chi connectivity index (χ1v) is 5.23. The Morgan fingerprint density at radius 3 is 2.69 bits per heavy atom. The second-order valence-corrected chi connectivity index (χ2v) is 4.16. The van der Waals surface area contributed by atoms with Gasteiger partial charge in [-0.1, -0.05) is 0 Å². The van der Waals surface area contributed by atoms with Crippen molar-refractivity contribution in [3.63, 3.8) is 0 Å². The van der Waals surface area contributed by atoms with Crippen LogP contribution in [0.25, 0.3) is 10.9 Å². The predicted molar refractivity (Wildman–Crippen MR) is 61.8 cm³/mol. The summed E-state index contributed by atoms with van der Waals surface area (Å²) >= 11 is 0. The van der Waals surface area contributed by atoms with E-state index >= 15 is 0 Å². The van der Waals surface area contributed by atoms with Gasteiger partial charge in [0.05, 0.1) is 11.1 Å². The molecule has 1 aromatic heterocycles. The van der Waals surface area contributed by atoms with E-state index in [1.165, 1.54) is 0 Å². The predicted octanol–water partition coefficient (Wildman–Crippen LogP) is 2.62. The van der Waals surface area contributed by atoms with Gasteiger partial charge in [0.2, 0.25) is 0 Å². The third kappa shape index (κ3) is 1.56. The minimum Gasteiger partial charge on any atom is -0.478 e. The van der Waals surface area contributed by atoms with Crippen molar-refractivity contribution in [1.82, 2.24) is 9.78 Å². The van der Waals surface area contributed by atoms with Crippen LogP contribution in [0.3, 0.4) is 0 Å². The number of carboxylic acid groups (broad SMARTS) is 1. The van der Waals surface area contributed by atoms with E-state index in [-0.39, 0.29) is 6.04 Å². The Bertz CT molecular complexity index is 555. The molecule has 0 bridgehead atoms. The normalized spacial score (nSPS) is 11.2. The Balaban J connectivity index is 2.69. The van der Waals surface area contributed by atoms with E-state index in [0.29, 0.717) is 5.56 Å². The number of hydrogen-bond acceptors (Lipinski definition) is 2. The quantitative estimate of drug-likeness (QED) is 0.843. The van der Waals surface area contributed by atoms with Gasteiger partial charge < -0.3 is 5.11 Å². The van der Waals surface area contributed by atoms with Crippen molar-refractivity contribution in [2.24, 2.45) is 0 Å². The summed E-state index contributed by atoms with van der Waals surface area (Å²) in [6.07, 6.45) is 0. The average molecular weight is 218 g/mol. The third-order valence-electron chi connectivity index (χ3n) is 2.68. The highest BCUT2D eigenvalue weighted by atomic mass is 16.4. The van der Waals surface area contributed by atoms with Gasteiger partial charge in [-0.25, -0.2) is 4.79 Å². The van der Waals surface area contributed by atoms with Crippen molar-refractivity contribution in [2.75, 3.05) is 0 Å². The Kier molecular flexibility index (Phi) is 2.42. The monoisotopic (exact) mass is 218 g/mol. The molecule has 16 heavy (non-hydrogen) atoms. The maximum absolute atomic E-state index is 10.9. The molecule has 0 amide bonds. The van der Waals surface area contributed by atoms with Crippen molar-refractivity contribution in [3.05, 3.63) is 29.5 Å². The molecule has 0 unspecified atom stereocenters. The van der Waals surface area contributed by atoms with E-state index < -0.39 is 5.97 Å². The van der Waals surface area contributed by atoms with E-state index in [9.17, 15) is 4.79 Å². The van der Waals surface area contributed by atoms with Gasteiger partial charge in [-0.2, -0.15) is 5.10 Å². The summed E-state index contributed by atoms with van der Waals surface area (Å²) in [5, 5.41) is 14.3. The first-order valence-electron chi connectivity index (χ1n) is 5.23. The molecule has 0 saturated heterocycles. The summed E-state index contributed by atoms with van der Waals surface area (Å²) in [6, 6.07) is 5.30. The number of rotatable bonds is 2. The van der Waals surface area contributed by atoms with Gasteiger partial charge in [-0.15, -0.1) is 0 Å². The first-order chi connectivity index (χ1) is 7.50. The second kappa shape index (κ2) is 3.63. The number of carboxylic acids is 1. The van der Waals surface area contributed by atoms with Crippen LogP contribution in [0.5, 0.6) is 0 Å². The minimum atomic E-state index is -0.904. The zero-order valence-corrected chi connectivity index (χ0v) is 9.56. The van der Waals surface area contributed by atoms with Crippen LogP contribution in [0.15, 0.2) is 18.2 Å². The highest BCUT2D eigenvalue weighted by Gasteiger charge is 2.11. The van der Waals surface area contributed by atoms with Crippen LogP contribution in [0, 0.1) is 6.92 Å². The molecule has 0 fully saturated rings. The molecule has 4 heteroatoms. The first kappa shape index (κ1) is 10.7. The standard InChI is InChI=1S/C12H14N2O2/c1-7(2)14-8(3)10-6-9(12(15)16)4-5-11(10)13-14/h4-7H,1-3H3,(H,15,16). The fourth-order valence-electron chi connectivity index (χ4n) is 1.86. The molecule has 0 spiro atoms. The lowest BCUT2D eigenvalue weighted by atomic mass is 10.1. The van der Waals surface area contributed by atoms with E-state index in [2.05, 4.69) is 18.9 Å². The number of carbonyl (C=O) groups is 1. The topological polar surface area (TPSA) is 55.1 Å². The number of fused-ring (bicyclic) bond motifs is 1. The third-order valence-corrected chi connectivity index (χ3v) is 2.68. The lowest BCUT2D eigenvalue weighted by molar-refractivity contribution is 0.0697. The van der Waals surface area contributed by atoms with Crippen LogP contribution in [0.1, 0.15) is 35.9 Å². The summed E-state index contributed by atoms with van der Waals surface area (Å²) in [5.74, 6) is -0.904. The molecule has 0 aliphatic heterocycles. The molecular formula is C12H14N2O2. The molecule has 2 rings (SSSR count). The van der Waals surface area contributed by atoms with Gasteiger partial charge in [0.25, 0.3) is 0 Å². The van der Waals surface area contributed by atoms with Gasteiger partial charge in [-0.05, 0) is 39.0 Å². The molecule has 0 radical (unpaired) electrons. The summed E-state index contributed by atoms with van der Waals surface area (Å²) in [7, 11) is 0. The second-order valence-electron chi connectivity index (χ2n) is 4.16. The van der Waals surface area contributed by atoms with Gasteiger partial charge in [0.15, 0.2) is 0 Å². The van der Waals surface area contributed by atoms with Crippen molar-refractivity contribution in [3.8, 4) is 0 Å². The van der Waals surface area contributed by atoms with Crippen LogP contribution in [-0.2, 0) is 0 Å². The van der Waals surface area contributed by atoms with Crippen LogP contribution in [0.2, 0.25) is 0 Å². The van der Waals surface area contributed by atoms with Gasteiger partial charge in [0.1, 0.15) is 0 Å². The maximum atomic E-state index is 10.9. The summed E-state index contributed by atoms with van der Waals surface area (Å²) in [6.45, 7) is 6.06. The fraction of sp³-hybridized carbons (Fsp3) is 0.333. The Morgan fingerprint density at radius 2 is 2.12 bits per heavy atom. The van der Waals surface area contributed by atoms with Crippen LogP contribution in [-0.4, -0.2) is 20.9 Å². The smallest absolute Gasteiger partial charge is 0.335 e. The molecule has 2 aromatic rings. The van der Waals surface area contributed by atoms with Gasteiger partial charge in [-0.3, -0.25) is 4.68 Å². The zero-order chi connectivity index (χ0) is 11.9. The van der Waals surface area contributed by atoms with Crippen molar-refractivity contribution in [2.45, 2.75) is 26.8 Å². The molecule has 0 saturated carbocycles. The van der Waals surface area contributed by atoms with E-state index in [4.69, 9.17) is 5.11 Å². The molecule has 0 aliphatic rings.